The van der Waals surface area contributed by atoms with E-state index in [4.69, 9.17) is 25.8 Å². The van der Waals surface area contributed by atoms with Crippen molar-refractivity contribution >= 4 is 35.3 Å². The lowest BCUT2D eigenvalue weighted by Gasteiger charge is -2.12. The first-order valence-electron chi connectivity index (χ1n) is 9.83. The molecular weight excluding hydrogens is 446 g/mol. The minimum Gasteiger partial charge on any atom is -0.495 e. The summed E-state index contributed by atoms with van der Waals surface area (Å²) in [5.41, 5.74) is 3.94. The lowest BCUT2D eigenvalue weighted by Crippen LogP contribution is -2.20. The third-order valence-electron chi connectivity index (χ3n) is 4.43. The fraction of sp³-hybridized carbons (Fsp3) is 0.125. The van der Waals surface area contributed by atoms with Crippen LogP contribution < -0.4 is 25.0 Å². The Morgan fingerprint density at radius 2 is 1.67 bits per heavy atom. The Balaban J connectivity index is 1.59. The Bertz CT molecular complexity index is 1170. The summed E-state index contributed by atoms with van der Waals surface area (Å²) in [6, 6.07) is 18.8. The van der Waals surface area contributed by atoms with Crippen LogP contribution in [0.2, 0.25) is 5.02 Å². The number of amides is 2. The molecule has 8 nitrogen and oxygen atoms in total. The van der Waals surface area contributed by atoms with Gasteiger partial charge in [-0.15, -0.1) is 0 Å². The van der Waals surface area contributed by atoms with Crippen LogP contribution in [-0.2, 0) is 4.79 Å². The Labute approximate surface area is 196 Å². The number of hydrogen-bond donors (Lipinski definition) is 2. The molecule has 9 heteroatoms. The van der Waals surface area contributed by atoms with Crippen LogP contribution in [0.25, 0.3) is 0 Å². The lowest BCUT2D eigenvalue weighted by molar-refractivity contribution is -0.118. The van der Waals surface area contributed by atoms with Crippen molar-refractivity contribution in [1.29, 1.82) is 0 Å². The fourth-order valence-electron chi connectivity index (χ4n) is 2.83. The van der Waals surface area contributed by atoms with Crippen molar-refractivity contribution in [2.24, 2.45) is 5.10 Å². The third-order valence-corrected chi connectivity index (χ3v) is 4.76. The number of nitrogens with zero attached hydrogens (tertiary/aromatic N) is 1. The number of nitrogens with one attached hydrogen (secondary N) is 2. The van der Waals surface area contributed by atoms with Crippen LogP contribution in [0.4, 0.5) is 5.69 Å². The van der Waals surface area contributed by atoms with Gasteiger partial charge in [-0.2, -0.15) is 5.10 Å². The van der Waals surface area contributed by atoms with Crippen molar-refractivity contribution in [3.8, 4) is 17.2 Å². The van der Waals surface area contributed by atoms with Gasteiger partial charge in [0.25, 0.3) is 11.8 Å². The average molecular weight is 468 g/mol. The van der Waals surface area contributed by atoms with E-state index in [1.54, 1.807) is 60.7 Å². The van der Waals surface area contributed by atoms with Crippen LogP contribution in [-0.4, -0.2) is 38.9 Å². The number of hydrazone groups is 1. The van der Waals surface area contributed by atoms with Gasteiger partial charge in [0.1, 0.15) is 5.75 Å². The van der Waals surface area contributed by atoms with Gasteiger partial charge in [0.05, 0.1) is 36.7 Å². The largest absolute Gasteiger partial charge is 0.495 e. The first kappa shape index (κ1) is 23.6. The fourth-order valence-corrected chi connectivity index (χ4v) is 3.05. The van der Waals surface area contributed by atoms with E-state index in [0.717, 1.165) is 0 Å². The second kappa shape index (κ2) is 11.5. The molecule has 0 saturated heterocycles. The number of ether oxygens (including phenoxy) is 3. The second-order valence-corrected chi connectivity index (χ2v) is 7.03. The molecule has 170 valence electrons. The maximum absolute atomic E-state index is 12.3. The molecule has 3 aromatic carbocycles. The van der Waals surface area contributed by atoms with Crippen LogP contribution >= 0.6 is 11.6 Å². The second-order valence-electron chi connectivity index (χ2n) is 6.63. The summed E-state index contributed by atoms with van der Waals surface area (Å²) in [5.74, 6) is 0.555. The Kier molecular flexibility index (Phi) is 8.26. The maximum atomic E-state index is 12.3. The zero-order valence-electron chi connectivity index (χ0n) is 18.0. The minimum atomic E-state index is -0.426. The number of rotatable bonds is 9. The third kappa shape index (κ3) is 6.47. The smallest absolute Gasteiger partial charge is 0.272 e. The maximum Gasteiger partial charge on any atom is 0.272 e. The topological polar surface area (TPSA) is 98.3 Å². The summed E-state index contributed by atoms with van der Waals surface area (Å²) >= 11 is 6.01. The van der Waals surface area contributed by atoms with Crippen LogP contribution in [0.15, 0.2) is 71.8 Å². The monoisotopic (exact) mass is 467 g/mol. The molecule has 0 aliphatic carbocycles. The van der Waals surface area contributed by atoms with Gasteiger partial charge >= 0.3 is 0 Å². The van der Waals surface area contributed by atoms with Crippen molar-refractivity contribution in [3.63, 3.8) is 0 Å². The van der Waals surface area contributed by atoms with E-state index in [-0.39, 0.29) is 12.5 Å². The SMILES string of the molecule is COc1ccccc1NC(=O)COc1ccc(/C=N\NC(=O)c2ccccc2Cl)cc1OC. The van der Waals surface area contributed by atoms with Crippen LogP contribution in [0, 0.1) is 0 Å². The molecule has 0 unspecified atom stereocenters. The quantitative estimate of drug-likeness (QED) is 0.364. The zero-order chi connectivity index (χ0) is 23.6. The van der Waals surface area contributed by atoms with Crippen molar-refractivity contribution in [3.05, 3.63) is 82.9 Å². The number of carbonyl (C=O) groups excluding carboxylic acids is 2. The Hall–Kier alpha value is -4.04. The van der Waals surface area contributed by atoms with E-state index in [9.17, 15) is 9.59 Å². The van der Waals surface area contributed by atoms with Crippen molar-refractivity contribution < 1.29 is 23.8 Å². The highest BCUT2D eigenvalue weighted by Gasteiger charge is 2.11. The summed E-state index contributed by atoms with van der Waals surface area (Å²) < 4.78 is 16.2. The summed E-state index contributed by atoms with van der Waals surface area (Å²) in [4.78, 5) is 24.4. The standard InChI is InChI=1S/C24H22ClN3O5/c1-31-20-10-6-5-9-19(20)27-23(29)15-33-21-12-11-16(13-22(21)32-2)14-26-28-24(30)17-7-3-4-8-18(17)25/h3-14H,15H2,1-2H3,(H,27,29)(H,28,30)/b26-14-. The van der Waals surface area contributed by atoms with Gasteiger partial charge in [-0.3, -0.25) is 9.59 Å². The Morgan fingerprint density at radius 3 is 2.42 bits per heavy atom. The van der Waals surface area contributed by atoms with Gasteiger partial charge in [-0.05, 0) is 48.0 Å². The molecule has 2 N–H and O–H groups in total. The van der Waals surface area contributed by atoms with E-state index in [2.05, 4.69) is 15.8 Å². The molecule has 0 radical (unpaired) electrons. The first-order valence-corrected chi connectivity index (χ1v) is 10.2. The average Bonchev–Trinajstić information content (AvgIpc) is 2.83. The summed E-state index contributed by atoms with van der Waals surface area (Å²) in [6.45, 7) is -0.226. The molecule has 0 aromatic heterocycles. The molecule has 2 amide bonds. The van der Waals surface area contributed by atoms with Crippen molar-refractivity contribution in [2.75, 3.05) is 26.1 Å². The molecule has 0 fully saturated rings. The van der Waals surface area contributed by atoms with Gasteiger partial charge in [0, 0.05) is 0 Å². The number of benzene rings is 3. The molecule has 0 saturated carbocycles. The molecule has 3 rings (SSSR count). The highest BCUT2D eigenvalue weighted by molar-refractivity contribution is 6.33. The summed E-state index contributed by atoms with van der Waals surface area (Å²) in [6.07, 6.45) is 1.45. The molecule has 0 spiro atoms. The summed E-state index contributed by atoms with van der Waals surface area (Å²) in [5, 5.41) is 7.02. The van der Waals surface area contributed by atoms with Crippen LogP contribution in [0.1, 0.15) is 15.9 Å². The van der Waals surface area contributed by atoms with E-state index >= 15 is 0 Å². The lowest BCUT2D eigenvalue weighted by atomic mass is 10.2. The predicted octanol–water partition coefficient (Wildman–Crippen LogP) is 4.14. The highest BCUT2D eigenvalue weighted by Crippen LogP contribution is 2.28. The van der Waals surface area contributed by atoms with Gasteiger partial charge < -0.3 is 19.5 Å². The molecular formula is C24H22ClN3O5. The zero-order valence-corrected chi connectivity index (χ0v) is 18.8. The van der Waals surface area contributed by atoms with E-state index in [0.29, 0.717) is 39.1 Å². The van der Waals surface area contributed by atoms with E-state index in [1.165, 1.54) is 20.4 Å². The van der Waals surface area contributed by atoms with Crippen molar-refractivity contribution in [1.82, 2.24) is 5.43 Å². The molecule has 0 atom stereocenters. The molecule has 0 aliphatic rings. The first-order chi connectivity index (χ1) is 16.0. The van der Waals surface area contributed by atoms with E-state index in [1.807, 2.05) is 6.07 Å². The number of hydrogen-bond acceptors (Lipinski definition) is 6. The normalized spacial score (nSPS) is 10.5. The number of methoxy groups -OCH3 is 2. The Morgan fingerprint density at radius 1 is 0.939 bits per heavy atom. The minimum absolute atomic E-state index is 0.226. The highest BCUT2D eigenvalue weighted by atomic mass is 35.5. The molecule has 33 heavy (non-hydrogen) atoms. The molecule has 0 aliphatic heterocycles. The number of anilines is 1. The predicted molar refractivity (Wildman–Crippen MR) is 127 cm³/mol. The molecule has 3 aromatic rings. The van der Waals surface area contributed by atoms with Crippen LogP contribution in [0.3, 0.4) is 0 Å². The molecule has 0 bridgehead atoms. The number of halogens is 1. The number of carbonyl (C=O) groups is 2. The number of para-hydroxylation sites is 2. The van der Waals surface area contributed by atoms with Gasteiger partial charge in [-0.25, -0.2) is 5.43 Å². The van der Waals surface area contributed by atoms with Gasteiger partial charge in [0.2, 0.25) is 0 Å². The van der Waals surface area contributed by atoms with Gasteiger partial charge in [0.15, 0.2) is 18.1 Å². The molecule has 0 heterocycles. The summed E-state index contributed by atoms with van der Waals surface area (Å²) in [7, 11) is 3.01. The van der Waals surface area contributed by atoms with Gasteiger partial charge in [-0.1, -0.05) is 35.9 Å². The van der Waals surface area contributed by atoms with Crippen molar-refractivity contribution in [2.45, 2.75) is 0 Å². The van der Waals surface area contributed by atoms with Crippen LogP contribution in [0.5, 0.6) is 17.2 Å². The van der Waals surface area contributed by atoms with E-state index < -0.39 is 5.91 Å².